The Morgan fingerprint density at radius 2 is 1.75 bits per heavy atom. The number of carbonyl (C=O) groups excluding carboxylic acids is 5. The van der Waals surface area contributed by atoms with Crippen LogP contribution in [-0.4, -0.2) is 90.0 Å². The lowest BCUT2D eigenvalue weighted by molar-refractivity contribution is -0.181. The SMILES string of the molecule is CN(C)c1cc(CNC2CCCC2)c(O)c2c1C[C@H]1C[C@H]3[C@H](N(C)C)C(=O)C(C(N)=O)C(=O)[C@@]3(O)C(=O)C1C2=O. The Labute approximate surface area is 233 Å². The maximum Gasteiger partial charge on any atom is 0.235 e. The number of amides is 1. The fourth-order valence-electron chi connectivity index (χ4n) is 7.62. The highest BCUT2D eigenvalue weighted by Crippen LogP contribution is 2.52. The second kappa shape index (κ2) is 10.0. The normalized spacial score (nSPS) is 32.2. The van der Waals surface area contributed by atoms with E-state index < -0.39 is 64.4 Å². The molecule has 0 saturated heterocycles. The average Bonchev–Trinajstić information content (AvgIpc) is 3.39. The van der Waals surface area contributed by atoms with Crippen LogP contribution < -0.4 is 16.0 Å². The maximum absolute atomic E-state index is 14.1. The van der Waals surface area contributed by atoms with Crippen molar-refractivity contribution in [2.45, 2.75) is 62.8 Å². The minimum Gasteiger partial charge on any atom is -0.507 e. The Balaban J connectivity index is 1.59. The van der Waals surface area contributed by atoms with Crippen molar-refractivity contribution < 1.29 is 34.2 Å². The molecule has 11 heteroatoms. The molecule has 4 aliphatic rings. The number of carbonyl (C=O) groups is 5. The van der Waals surface area contributed by atoms with Crippen molar-refractivity contribution in [1.29, 1.82) is 0 Å². The zero-order valence-corrected chi connectivity index (χ0v) is 23.4. The molecule has 5 rings (SSSR count). The molecule has 3 fully saturated rings. The van der Waals surface area contributed by atoms with Crippen molar-refractivity contribution >= 4 is 34.7 Å². The molecule has 0 bridgehead atoms. The number of likely N-dealkylation sites (N-methyl/N-ethyl adjacent to an activating group) is 1. The van der Waals surface area contributed by atoms with Gasteiger partial charge < -0.3 is 26.2 Å². The third-order valence-corrected chi connectivity index (χ3v) is 9.53. The number of nitrogens with two attached hydrogens (primary N) is 1. The summed E-state index contributed by atoms with van der Waals surface area (Å²) in [5.74, 6) is -10.3. The Hall–Kier alpha value is -3.15. The number of aliphatic hydroxyl groups is 1. The van der Waals surface area contributed by atoms with Crippen LogP contribution >= 0.6 is 0 Å². The summed E-state index contributed by atoms with van der Waals surface area (Å²) in [5, 5.41) is 26.5. The molecule has 1 aromatic rings. The van der Waals surface area contributed by atoms with E-state index in [9.17, 15) is 34.2 Å². The van der Waals surface area contributed by atoms with Crippen molar-refractivity contribution in [3.05, 3.63) is 22.8 Å². The first-order chi connectivity index (χ1) is 18.8. The number of aromatic hydroxyl groups is 1. The van der Waals surface area contributed by atoms with E-state index in [0.717, 1.165) is 31.4 Å². The number of nitrogens with one attached hydrogen (secondary N) is 1. The lowest BCUT2D eigenvalue weighted by Crippen LogP contribution is -2.74. The highest BCUT2D eigenvalue weighted by Gasteiger charge is 2.69. The Morgan fingerprint density at radius 3 is 2.33 bits per heavy atom. The quantitative estimate of drug-likeness (QED) is 0.350. The van der Waals surface area contributed by atoms with Crippen LogP contribution in [-0.2, 0) is 32.1 Å². The van der Waals surface area contributed by atoms with E-state index in [1.54, 1.807) is 14.1 Å². The van der Waals surface area contributed by atoms with Gasteiger partial charge in [-0.1, -0.05) is 12.8 Å². The predicted octanol–water partition coefficient (Wildman–Crippen LogP) is -0.0348. The summed E-state index contributed by atoms with van der Waals surface area (Å²) in [6.45, 7) is 0.345. The zero-order valence-electron chi connectivity index (χ0n) is 23.4. The van der Waals surface area contributed by atoms with E-state index in [0.29, 0.717) is 23.7 Å². The van der Waals surface area contributed by atoms with E-state index in [1.807, 2.05) is 25.1 Å². The Bertz CT molecular complexity index is 1300. The fraction of sp³-hybridized carbons (Fsp3) is 0.621. The monoisotopic (exact) mass is 554 g/mol. The smallest absolute Gasteiger partial charge is 0.235 e. The van der Waals surface area contributed by atoms with Crippen LogP contribution in [0.25, 0.3) is 0 Å². The van der Waals surface area contributed by atoms with Gasteiger partial charge in [-0.05, 0) is 57.3 Å². The number of rotatable bonds is 6. The number of nitrogens with zero attached hydrogens (tertiary/aromatic N) is 2. The molecule has 6 atom stereocenters. The number of ketones is 4. The van der Waals surface area contributed by atoms with Crippen molar-refractivity contribution in [3.8, 4) is 5.75 Å². The van der Waals surface area contributed by atoms with Crippen LogP contribution in [0.2, 0.25) is 0 Å². The predicted molar refractivity (Wildman–Crippen MR) is 145 cm³/mol. The van der Waals surface area contributed by atoms with Gasteiger partial charge in [0.15, 0.2) is 34.7 Å². The molecule has 11 nitrogen and oxygen atoms in total. The summed E-state index contributed by atoms with van der Waals surface area (Å²) in [6.07, 6.45) is 4.63. The summed E-state index contributed by atoms with van der Waals surface area (Å²) in [6, 6.07) is 1.07. The molecule has 2 unspecified atom stereocenters. The van der Waals surface area contributed by atoms with E-state index >= 15 is 0 Å². The number of primary amides is 1. The average molecular weight is 555 g/mol. The molecule has 216 valence electrons. The number of phenolic OH excluding ortho intramolecular Hbond substituents is 1. The van der Waals surface area contributed by atoms with Gasteiger partial charge in [0.1, 0.15) is 5.75 Å². The molecule has 1 aromatic carbocycles. The van der Waals surface area contributed by atoms with Gasteiger partial charge in [0.25, 0.3) is 0 Å². The highest BCUT2D eigenvalue weighted by molar-refractivity contribution is 6.32. The first kappa shape index (κ1) is 28.4. The van der Waals surface area contributed by atoms with Crippen LogP contribution in [0.4, 0.5) is 5.69 Å². The summed E-state index contributed by atoms with van der Waals surface area (Å²) in [7, 11) is 6.81. The molecule has 4 aliphatic carbocycles. The molecule has 0 spiro atoms. The highest BCUT2D eigenvalue weighted by atomic mass is 16.3. The molecule has 5 N–H and O–H groups in total. The summed E-state index contributed by atoms with van der Waals surface area (Å²) in [4.78, 5) is 70.2. The van der Waals surface area contributed by atoms with Gasteiger partial charge in [0, 0.05) is 43.9 Å². The lowest BCUT2D eigenvalue weighted by Gasteiger charge is -2.52. The summed E-state index contributed by atoms with van der Waals surface area (Å²) in [5.41, 5.74) is 4.56. The Morgan fingerprint density at radius 1 is 1.10 bits per heavy atom. The standard InChI is InChI=1S/C29H38N4O7/c1-32(2)18-11-14(12-31-15-7-5-6-8-15)23(34)20-16(18)9-13-10-17-22(33(3)4)25(36)21(28(30)39)27(38)29(17,40)26(37)19(13)24(20)35/h11,13,15,17,19,21-22,31,34,40H,5-10,12H2,1-4H3,(H2,30,39)/t13-,17-,19?,21?,22-,29-/m0/s1. The van der Waals surface area contributed by atoms with E-state index in [4.69, 9.17) is 5.73 Å². The number of Topliss-reactive ketones (excluding diaryl/α,β-unsaturated/α-hetero) is 4. The van der Waals surface area contributed by atoms with Gasteiger partial charge in [-0.25, -0.2) is 0 Å². The molecule has 0 heterocycles. The van der Waals surface area contributed by atoms with Gasteiger partial charge in [0.05, 0.1) is 17.5 Å². The second-order valence-electron chi connectivity index (χ2n) is 12.3. The molecule has 1 amide bonds. The van der Waals surface area contributed by atoms with Gasteiger partial charge in [-0.15, -0.1) is 0 Å². The minimum atomic E-state index is -2.72. The van der Waals surface area contributed by atoms with Crippen molar-refractivity contribution in [2.24, 2.45) is 29.4 Å². The van der Waals surface area contributed by atoms with Gasteiger partial charge >= 0.3 is 0 Å². The summed E-state index contributed by atoms with van der Waals surface area (Å²) >= 11 is 0. The molecule has 0 aromatic heterocycles. The van der Waals surface area contributed by atoms with Crippen LogP contribution in [0.15, 0.2) is 6.07 Å². The molecule has 40 heavy (non-hydrogen) atoms. The molecular formula is C29H38N4O7. The third kappa shape index (κ3) is 4.09. The Kier molecular flexibility index (Phi) is 7.12. The van der Waals surface area contributed by atoms with Crippen molar-refractivity contribution in [3.63, 3.8) is 0 Å². The number of hydrogen-bond acceptors (Lipinski definition) is 10. The number of hydrogen-bond donors (Lipinski definition) is 4. The molecule has 0 radical (unpaired) electrons. The first-order valence-electron chi connectivity index (χ1n) is 13.9. The van der Waals surface area contributed by atoms with Crippen LogP contribution in [0.1, 0.15) is 53.6 Å². The van der Waals surface area contributed by atoms with Crippen LogP contribution in [0.5, 0.6) is 5.75 Å². The largest absolute Gasteiger partial charge is 0.507 e. The first-order valence-corrected chi connectivity index (χ1v) is 13.9. The molecule has 0 aliphatic heterocycles. The van der Waals surface area contributed by atoms with E-state index in [1.165, 1.54) is 4.90 Å². The topological polar surface area (TPSA) is 170 Å². The molecular weight excluding hydrogens is 516 g/mol. The van der Waals surface area contributed by atoms with Gasteiger partial charge in [-0.3, -0.25) is 28.9 Å². The maximum atomic E-state index is 14.1. The minimum absolute atomic E-state index is 0.0287. The van der Waals surface area contributed by atoms with E-state index in [-0.39, 0.29) is 24.2 Å². The van der Waals surface area contributed by atoms with Gasteiger partial charge in [-0.2, -0.15) is 0 Å². The number of phenols is 1. The number of fused-ring (bicyclic) bond motifs is 3. The molecule has 3 saturated carbocycles. The second-order valence-corrected chi connectivity index (χ2v) is 12.3. The van der Waals surface area contributed by atoms with Crippen molar-refractivity contribution in [1.82, 2.24) is 10.2 Å². The van der Waals surface area contributed by atoms with Crippen LogP contribution in [0.3, 0.4) is 0 Å². The van der Waals surface area contributed by atoms with Gasteiger partial charge in [0.2, 0.25) is 5.91 Å². The zero-order chi connectivity index (χ0) is 29.3. The number of anilines is 1. The number of benzene rings is 1. The lowest BCUT2D eigenvalue weighted by atomic mass is 9.52. The van der Waals surface area contributed by atoms with Crippen LogP contribution in [0, 0.1) is 23.7 Å². The fourth-order valence-corrected chi connectivity index (χ4v) is 7.62. The van der Waals surface area contributed by atoms with Crippen molar-refractivity contribution in [2.75, 3.05) is 33.1 Å². The summed E-state index contributed by atoms with van der Waals surface area (Å²) < 4.78 is 0. The van der Waals surface area contributed by atoms with E-state index in [2.05, 4.69) is 5.32 Å². The third-order valence-electron chi connectivity index (χ3n) is 9.53.